The summed E-state index contributed by atoms with van der Waals surface area (Å²) in [5.41, 5.74) is 2.67. The van der Waals surface area contributed by atoms with Crippen LogP contribution >= 0.6 is 0 Å². The van der Waals surface area contributed by atoms with Crippen molar-refractivity contribution in [1.29, 1.82) is 0 Å². The van der Waals surface area contributed by atoms with E-state index in [1.165, 1.54) is 19.9 Å². The molecule has 9 nitrogen and oxygen atoms in total. The molecule has 1 amide bonds. The van der Waals surface area contributed by atoms with Gasteiger partial charge < -0.3 is 9.64 Å². The lowest BCUT2D eigenvalue weighted by molar-refractivity contribution is -0.146. The van der Waals surface area contributed by atoms with Gasteiger partial charge in [-0.25, -0.2) is 8.42 Å². The lowest BCUT2D eigenvalue weighted by atomic mass is 10.0. The minimum absolute atomic E-state index is 0.0418. The molecule has 1 N–H and O–H groups in total. The maximum Gasteiger partial charge on any atom is 0.306 e. The number of benzene rings is 2. The van der Waals surface area contributed by atoms with E-state index in [9.17, 15) is 22.8 Å². The predicted octanol–water partition coefficient (Wildman–Crippen LogP) is 2.23. The van der Waals surface area contributed by atoms with Gasteiger partial charge in [-0.2, -0.15) is 0 Å². The maximum absolute atomic E-state index is 12.7. The number of carbonyl (C=O) groups is 3. The molecule has 0 aliphatic carbocycles. The van der Waals surface area contributed by atoms with Crippen LogP contribution in [0.5, 0.6) is 0 Å². The van der Waals surface area contributed by atoms with Gasteiger partial charge in [-0.05, 0) is 55.7 Å². The molecule has 0 saturated heterocycles. The lowest BCUT2D eigenvalue weighted by Gasteiger charge is -2.16. The fourth-order valence-corrected chi connectivity index (χ4v) is 5.34. The van der Waals surface area contributed by atoms with Crippen molar-refractivity contribution in [1.82, 2.24) is 4.72 Å². The third kappa shape index (κ3) is 4.72. The molecule has 1 atom stereocenters. The SMILES string of the molecule is CC(=O)N1CCc2cc(C(=O)[C@H](C)OC(=O)CCCN=C3NS(=O)(=O)c4ccccc43)ccc21. The van der Waals surface area contributed by atoms with Crippen LogP contribution in [0.15, 0.2) is 52.4 Å². The molecule has 0 aromatic heterocycles. The molecule has 4 rings (SSSR count). The summed E-state index contributed by atoms with van der Waals surface area (Å²) in [5, 5.41) is 0. The zero-order valence-electron chi connectivity index (χ0n) is 18.9. The van der Waals surface area contributed by atoms with Crippen molar-refractivity contribution < 1.29 is 27.5 Å². The highest BCUT2D eigenvalue weighted by atomic mass is 32.2. The number of amides is 1. The Balaban J connectivity index is 1.29. The van der Waals surface area contributed by atoms with Crippen LogP contribution in [0.1, 0.15) is 48.2 Å². The largest absolute Gasteiger partial charge is 0.454 e. The molecular formula is C24H25N3O6S. The van der Waals surface area contributed by atoms with Crippen molar-refractivity contribution in [2.45, 2.75) is 44.1 Å². The molecule has 178 valence electrons. The molecule has 0 radical (unpaired) electrons. The van der Waals surface area contributed by atoms with Crippen LogP contribution in [0.25, 0.3) is 0 Å². The van der Waals surface area contributed by atoms with E-state index in [2.05, 4.69) is 9.71 Å². The Bertz CT molecular complexity index is 1300. The number of ketones is 1. The van der Waals surface area contributed by atoms with Gasteiger partial charge in [-0.1, -0.05) is 12.1 Å². The highest BCUT2D eigenvalue weighted by Crippen LogP contribution is 2.29. The summed E-state index contributed by atoms with van der Waals surface area (Å²) >= 11 is 0. The van der Waals surface area contributed by atoms with Gasteiger partial charge in [-0.3, -0.25) is 24.1 Å². The van der Waals surface area contributed by atoms with Crippen LogP contribution in [0.2, 0.25) is 0 Å². The first-order valence-corrected chi connectivity index (χ1v) is 12.5. The monoisotopic (exact) mass is 483 g/mol. The summed E-state index contributed by atoms with van der Waals surface area (Å²) in [7, 11) is -3.60. The quantitative estimate of drug-likeness (QED) is 0.366. The van der Waals surface area contributed by atoms with E-state index < -0.39 is 22.1 Å². The maximum atomic E-state index is 12.7. The molecule has 2 aliphatic heterocycles. The van der Waals surface area contributed by atoms with Crippen LogP contribution in [0.4, 0.5) is 5.69 Å². The number of ether oxygens (including phenoxy) is 1. The number of nitrogens with zero attached hydrogens (tertiary/aromatic N) is 2. The Kier molecular flexibility index (Phi) is 6.52. The highest BCUT2D eigenvalue weighted by molar-refractivity contribution is 7.90. The average Bonchev–Trinajstić information content (AvgIpc) is 3.34. The number of sulfonamides is 1. The van der Waals surface area contributed by atoms with Crippen LogP contribution in [-0.4, -0.2) is 51.1 Å². The third-order valence-corrected chi connectivity index (χ3v) is 7.19. The lowest BCUT2D eigenvalue weighted by Crippen LogP contribution is -2.26. The first kappa shape index (κ1) is 23.6. The first-order chi connectivity index (χ1) is 16.2. The number of anilines is 1. The van der Waals surface area contributed by atoms with Gasteiger partial charge in [0.1, 0.15) is 5.84 Å². The Labute approximate surface area is 197 Å². The number of hydrogen-bond acceptors (Lipinski definition) is 7. The summed E-state index contributed by atoms with van der Waals surface area (Å²) in [4.78, 5) is 42.8. The van der Waals surface area contributed by atoms with E-state index in [1.54, 1.807) is 41.3 Å². The van der Waals surface area contributed by atoms with Gasteiger partial charge in [0, 0.05) is 43.2 Å². The van der Waals surface area contributed by atoms with Crippen LogP contribution in [0, 0.1) is 0 Å². The number of rotatable bonds is 7. The zero-order valence-corrected chi connectivity index (χ0v) is 19.7. The number of aliphatic imine (C=N–C) groups is 1. The van der Waals surface area contributed by atoms with Crippen molar-refractivity contribution in [2.24, 2.45) is 4.99 Å². The van der Waals surface area contributed by atoms with E-state index in [4.69, 9.17) is 4.74 Å². The Morgan fingerprint density at radius 1 is 1.18 bits per heavy atom. The molecule has 2 heterocycles. The summed E-state index contributed by atoms with van der Waals surface area (Å²) in [6.07, 6.45) is 0.108. The molecule has 0 bridgehead atoms. The summed E-state index contributed by atoms with van der Waals surface area (Å²) < 4.78 is 31.9. The molecule has 0 fully saturated rings. The smallest absolute Gasteiger partial charge is 0.306 e. The molecular weight excluding hydrogens is 458 g/mol. The van der Waals surface area contributed by atoms with Crippen molar-refractivity contribution in [3.05, 3.63) is 59.2 Å². The molecule has 2 aromatic carbocycles. The number of nitrogens with one attached hydrogen (secondary N) is 1. The molecule has 0 saturated carbocycles. The molecule has 2 aliphatic rings. The van der Waals surface area contributed by atoms with Gasteiger partial charge in [-0.15, -0.1) is 0 Å². The van der Waals surface area contributed by atoms with E-state index in [1.807, 2.05) is 0 Å². The zero-order chi connectivity index (χ0) is 24.5. The third-order valence-electron chi connectivity index (χ3n) is 5.79. The molecule has 0 spiro atoms. The van der Waals surface area contributed by atoms with Crippen molar-refractivity contribution >= 4 is 39.2 Å². The summed E-state index contributed by atoms with van der Waals surface area (Å²) in [5.74, 6) is -0.626. The normalized spacial score (nSPS) is 17.6. The van der Waals surface area contributed by atoms with E-state index >= 15 is 0 Å². The standard InChI is InChI=1S/C24H25N3O6S/c1-15(23(30)18-9-10-20-17(14-18)11-13-27(20)16(2)28)33-22(29)8-5-12-25-24-19-6-3-4-7-21(19)34(31,32)26-24/h3-4,6-7,9-10,14-15H,5,8,11-13H2,1-2H3,(H,25,26)/t15-/m0/s1. The van der Waals surface area contributed by atoms with Gasteiger partial charge in [0.25, 0.3) is 10.0 Å². The van der Waals surface area contributed by atoms with Crippen molar-refractivity contribution in [3.8, 4) is 0 Å². The molecule has 10 heteroatoms. The van der Waals surface area contributed by atoms with Gasteiger partial charge in [0.15, 0.2) is 6.10 Å². The number of carbonyl (C=O) groups excluding carboxylic acids is 3. The highest BCUT2D eigenvalue weighted by Gasteiger charge is 2.30. The Morgan fingerprint density at radius 3 is 2.71 bits per heavy atom. The fourth-order valence-electron chi connectivity index (χ4n) is 4.09. The molecule has 0 unspecified atom stereocenters. The van der Waals surface area contributed by atoms with Crippen molar-refractivity contribution in [2.75, 3.05) is 18.0 Å². The topological polar surface area (TPSA) is 122 Å². The second-order valence-corrected chi connectivity index (χ2v) is 9.85. The summed E-state index contributed by atoms with van der Waals surface area (Å²) in [6.45, 7) is 3.84. The van der Waals surface area contributed by atoms with Gasteiger partial charge in [0.05, 0.1) is 4.90 Å². The van der Waals surface area contributed by atoms with Gasteiger partial charge >= 0.3 is 5.97 Å². The number of esters is 1. The molecule has 34 heavy (non-hydrogen) atoms. The van der Waals surface area contributed by atoms with Crippen LogP contribution < -0.4 is 9.62 Å². The van der Waals surface area contributed by atoms with E-state index in [0.29, 0.717) is 30.5 Å². The van der Waals surface area contributed by atoms with E-state index in [0.717, 1.165) is 11.3 Å². The number of hydrogen-bond donors (Lipinski definition) is 1. The molecule has 2 aromatic rings. The average molecular weight is 484 g/mol. The second kappa shape index (κ2) is 9.38. The fraction of sp³-hybridized carbons (Fsp3) is 0.333. The Hall–Kier alpha value is -3.53. The number of amidine groups is 1. The van der Waals surface area contributed by atoms with Crippen LogP contribution in [-0.2, 0) is 30.8 Å². The second-order valence-electron chi connectivity index (χ2n) is 8.20. The number of Topliss-reactive ketones (excluding diaryl/α,β-unsaturated/α-hetero) is 1. The first-order valence-electron chi connectivity index (χ1n) is 11.0. The minimum Gasteiger partial charge on any atom is -0.454 e. The number of fused-ring (bicyclic) bond motifs is 2. The van der Waals surface area contributed by atoms with Gasteiger partial charge in [0.2, 0.25) is 11.7 Å². The Morgan fingerprint density at radius 2 is 1.94 bits per heavy atom. The predicted molar refractivity (Wildman–Crippen MR) is 125 cm³/mol. The summed E-state index contributed by atoms with van der Waals surface area (Å²) in [6, 6.07) is 11.7. The van der Waals surface area contributed by atoms with E-state index in [-0.39, 0.29) is 35.4 Å². The minimum atomic E-state index is -3.60. The van der Waals surface area contributed by atoms with Crippen LogP contribution in [0.3, 0.4) is 0 Å². The van der Waals surface area contributed by atoms with Crippen molar-refractivity contribution in [3.63, 3.8) is 0 Å².